The number of carbonyl (C=O) groups excluding carboxylic acids is 1. The van der Waals surface area contributed by atoms with Gasteiger partial charge in [-0.3, -0.25) is 4.79 Å². The molecule has 4 aromatic rings. The molecule has 0 radical (unpaired) electrons. The summed E-state index contributed by atoms with van der Waals surface area (Å²) in [5, 5.41) is 12.1. The van der Waals surface area contributed by atoms with Gasteiger partial charge in [0.2, 0.25) is 0 Å². The molecule has 0 bridgehead atoms. The number of hydrogen-bond donors (Lipinski definition) is 3. The van der Waals surface area contributed by atoms with Gasteiger partial charge in [-0.15, -0.1) is 0 Å². The lowest BCUT2D eigenvalue weighted by Crippen LogP contribution is -2.30. The van der Waals surface area contributed by atoms with Crippen LogP contribution in [0.3, 0.4) is 0 Å². The van der Waals surface area contributed by atoms with Gasteiger partial charge in [-0.1, -0.05) is 31.4 Å². The molecule has 1 fully saturated rings. The van der Waals surface area contributed by atoms with E-state index in [2.05, 4.69) is 37.6 Å². The van der Waals surface area contributed by atoms with Gasteiger partial charge in [-0.05, 0) is 44.7 Å². The standard InChI is InChI=1S/C25H31N7O/c1-3-32-24-18(14-28-32)23(29-16(2)17-9-5-4-6-10-17)19(13-26-24)25(33)27-15-22-30-20-11-7-8-12-21(20)31-22/h7-8,11-14,16-17H,3-6,9-10,15H2,1-2H3,(H,26,29)(H,27,33)(H,30,31). The molecule has 1 aliphatic carbocycles. The van der Waals surface area contributed by atoms with E-state index in [1.165, 1.54) is 32.1 Å². The van der Waals surface area contributed by atoms with Gasteiger partial charge in [0.1, 0.15) is 5.82 Å². The molecule has 1 aromatic carbocycles. The Kier molecular flexibility index (Phi) is 5.98. The molecule has 5 rings (SSSR count). The minimum absolute atomic E-state index is 0.174. The lowest BCUT2D eigenvalue weighted by Gasteiger charge is -2.29. The molecular weight excluding hydrogens is 414 g/mol. The molecule has 3 aromatic heterocycles. The maximum absolute atomic E-state index is 13.3. The summed E-state index contributed by atoms with van der Waals surface area (Å²) in [6.07, 6.45) is 9.82. The number of benzene rings is 1. The molecule has 8 nitrogen and oxygen atoms in total. The Bertz CT molecular complexity index is 1240. The quantitative estimate of drug-likeness (QED) is 0.385. The molecule has 172 valence electrons. The summed E-state index contributed by atoms with van der Waals surface area (Å²) in [6.45, 7) is 5.31. The Labute approximate surface area is 193 Å². The van der Waals surface area contributed by atoms with Gasteiger partial charge in [0.15, 0.2) is 5.65 Å². The second-order valence-electron chi connectivity index (χ2n) is 8.96. The number of hydrogen-bond acceptors (Lipinski definition) is 5. The van der Waals surface area contributed by atoms with E-state index in [9.17, 15) is 4.79 Å². The first-order valence-corrected chi connectivity index (χ1v) is 12.0. The summed E-state index contributed by atoms with van der Waals surface area (Å²) in [4.78, 5) is 25.7. The summed E-state index contributed by atoms with van der Waals surface area (Å²) in [7, 11) is 0. The van der Waals surface area contributed by atoms with Gasteiger partial charge >= 0.3 is 0 Å². The number of H-pyrrole nitrogens is 1. The molecule has 0 aliphatic heterocycles. The average molecular weight is 446 g/mol. The van der Waals surface area contributed by atoms with Crippen molar-refractivity contribution in [2.75, 3.05) is 5.32 Å². The second-order valence-corrected chi connectivity index (χ2v) is 8.96. The molecule has 1 aliphatic rings. The molecule has 0 saturated heterocycles. The number of aryl methyl sites for hydroxylation is 1. The fraction of sp³-hybridized carbons (Fsp3) is 0.440. The van der Waals surface area contributed by atoms with Crippen molar-refractivity contribution in [1.29, 1.82) is 0 Å². The SMILES string of the molecule is CCn1ncc2c(NC(C)C3CCCCC3)c(C(=O)NCc3nc4ccccc4[nH]3)cnc21. The van der Waals surface area contributed by atoms with Gasteiger partial charge in [-0.25, -0.2) is 14.6 Å². The second kappa shape index (κ2) is 9.21. The number of nitrogens with zero attached hydrogens (tertiary/aromatic N) is 4. The van der Waals surface area contributed by atoms with Crippen LogP contribution in [0.4, 0.5) is 5.69 Å². The maximum atomic E-state index is 13.3. The molecule has 3 heterocycles. The first-order chi connectivity index (χ1) is 16.1. The fourth-order valence-corrected chi connectivity index (χ4v) is 4.91. The van der Waals surface area contributed by atoms with Crippen LogP contribution in [0.5, 0.6) is 0 Å². The van der Waals surface area contributed by atoms with Crippen LogP contribution in [-0.2, 0) is 13.1 Å². The van der Waals surface area contributed by atoms with Gasteiger partial charge in [0, 0.05) is 18.8 Å². The molecule has 33 heavy (non-hydrogen) atoms. The Balaban J connectivity index is 1.41. The van der Waals surface area contributed by atoms with Crippen LogP contribution in [0.2, 0.25) is 0 Å². The fourth-order valence-electron chi connectivity index (χ4n) is 4.91. The van der Waals surface area contributed by atoms with E-state index in [-0.39, 0.29) is 11.9 Å². The van der Waals surface area contributed by atoms with Crippen molar-refractivity contribution in [3.8, 4) is 0 Å². The maximum Gasteiger partial charge on any atom is 0.255 e. The normalized spacial score (nSPS) is 15.7. The third-order valence-electron chi connectivity index (χ3n) is 6.79. The van der Waals surface area contributed by atoms with Crippen LogP contribution >= 0.6 is 0 Å². The van der Waals surface area contributed by atoms with Gasteiger partial charge in [0.25, 0.3) is 5.91 Å². The number of aromatic amines is 1. The third-order valence-corrected chi connectivity index (χ3v) is 6.79. The highest BCUT2D eigenvalue weighted by Crippen LogP contribution is 2.32. The summed E-state index contributed by atoms with van der Waals surface area (Å²) in [6, 6.07) is 8.11. The molecule has 1 unspecified atom stereocenters. The van der Waals surface area contributed by atoms with Crippen LogP contribution in [-0.4, -0.2) is 36.7 Å². The lowest BCUT2D eigenvalue weighted by atomic mass is 9.84. The zero-order chi connectivity index (χ0) is 22.8. The number of nitrogens with one attached hydrogen (secondary N) is 3. The van der Waals surface area contributed by atoms with Gasteiger partial charge in [-0.2, -0.15) is 5.10 Å². The first-order valence-electron chi connectivity index (χ1n) is 12.0. The van der Waals surface area contributed by atoms with Crippen molar-refractivity contribution >= 4 is 33.7 Å². The highest BCUT2D eigenvalue weighted by Gasteiger charge is 2.24. The minimum Gasteiger partial charge on any atom is -0.381 e. The number of imidazole rings is 1. The number of amides is 1. The number of pyridine rings is 1. The van der Waals surface area contributed by atoms with Crippen LogP contribution in [0.1, 0.15) is 62.1 Å². The minimum atomic E-state index is -0.174. The number of aromatic nitrogens is 5. The Morgan fingerprint density at radius 1 is 1.21 bits per heavy atom. The summed E-state index contributed by atoms with van der Waals surface area (Å²) < 4.78 is 1.86. The number of para-hydroxylation sites is 2. The van der Waals surface area contributed by atoms with Crippen LogP contribution in [0.15, 0.2) is 36.7 Å². The smallest absolute Gasteiger partial charge is 0.255 e. The van der Waals surface area contributed by atoms with Crippen molar-refractivity contribution in [3.05, 3.63) is 48.0 Å². The van der Waals surface area contributed by atoms with E-state index in [1.54, 1.807) is 6.20 Å². The van der Waals surface area contributed by atoms with Crippen LogP contribution in [0.25, 0.3) is 22.1 Å². The summed E-state index contributed by atoms with van der Waals surface area (Å²) in [5.74, 6) is 1.16. The summed E-state index contributed by atoms with van der Waals surface area (Å²) >= 11 is 0. The van der Waals surface area contributed by atoms with Crippen molar-refractivity contribution in [2.45, 2.75) is 65.1 Å². The average Bonchev–Trinajstić information content (AvgIpc) is 3.47. The monoisotopic (exact) mass is 445 g/mol. The molecule has 0 spiro atoms. The molecule has 8 heteroatoms. The summed E-state index contributed by atoms with van der Waals surface area (Å²) in [5.41, 5.74) is 4.00. The Hall–Kier alpha value is -3.42. The first kappa shape index (κ1) is 21.4. The number of anilines is 1. The van der Waals surface area contributed by atoms with Gasteiger partial charge in [0.05, 0.1) is 40.4 Å². The van der Waals surface area contributed by atoms with Crippen molar-refractivity contribution in [1.82, 2.24) is 30.0 Å². The largest absolute Gasteiger partial charge is 0.381 e. The molecule has 1 saturated carbocycles. The Morgan fingerprint density at radius 2 is 2.03 bits per heavy atom. The van der Waals surface area contributed by atoms with E-state index in [0.717, 1.165) is 40.1 Å². The predicted molar refractivity (Wildman–Crippen MR) is 130 cm³/mol. The van der Waals surface area contributed by atoms with E-state index >= 15 is 0 Å². The van der Waals surface area contributed by atoms with Crippen LogP contribution < -0.4 is 10.6 Å². The van der Waals surface area contributed by atoms with Crippen molar-refractivity contribution in [2.24, 2.45) is 5.92 Å². The molecular formula is C25H31N7O. The van der Waals surface area contributed by atoms with Crippen molar-refractivity contribution < 1.29 is 4.79 Å². The van der Waals surface area contributed by atoms with Crippen LogP contribution in [0, 0.1) is 5.92 Å². The zero-order valence-electron chi connectivity index (χ0n) is 19.3. The lowest BCUT2D eigenvalue weighted by molar-refractivity contribution is 0.0950. The van der Waals surface area contributed by atoms with E-state index in [1.807, 2.05) is 42.1 Å². The molecule has 3 N–H and O–H groups in total. The zero-order valence-corrected chi connectivity index (χ0v) is 19.3. The highest BCUT2D eigenvalue weighted by atomic mass is 16.1. The van der Waals surface area contributed by atoms with E-state index in [0.29, 0.717) is 18.0 Å². The highest BCUT2D eigenvalue weighted by molar-refractivity contribution is 6.06. The number of fused-ring (bicyclic) bond motifs is 2. The predicted octanol–water partition coefficient (Wildman–Crippen LogP) is 4.64. The topological polar surface area (TPSA) is 101 Å². The number of rotatable bonds is 7. The Morgan fingerprint density at radius 3 is 2.82 bits per heavy atom. The van der Waals surface area contributed by atoms with Gasteiger partial charge < -0.3 is 15.6 Å². The third kappa shape index (κ3) is 4.29. The van der Waals surface area contributed by atoms with Crippen molar-refractivity contribution in [3.63, 3.8) is 0 Å². The molecule has 1 atom stereocenters. The molecule has 1 amide bonds. The van der Waals surface area contributed by atoms with E-state index < -0.39 is 0 Å². The number of carbonyl (C=O) groups is 1. The van der Waals surface area contributed by atoms with E-state index in [4.69, 9.17) is 0 Å².